The zero-order valence-electron chi connectivity index (χ0n) is 16.7. The number of nitrogens with one attached hydrogen (secondary N) is 2. The minimum atomic E-state index is -0.00709. The second-order valence-electron chi connectivity index (χ2n) is 6.73. The highest BCUT2D eigenvalue weighted by molar-refractivity contribution is 14.0. The summed E-state index contributed by atoms with van der Waals surface area (Å²) < 4.78 is 0. The lowest BCUT2D eigenvalue weighted by Crippen LogP contribution is -2.47. The Balaban J connectivity index is 0.00000364. The molecule has 0 saturated carbocycles. The van der Waals surface area contributed by atoms with Gasteiger partial charge in [0.15, 0.2) is 5.96 Å². The summed E-state index contributed by atoms with van der Waals surface area (Å²) in [6.45, 7) is 5.38. The third-order valence-electron chi connectivity index (χ3n) is 4.23. The number of rotatable bonds is 6. The molecule has 1 heterocycles. The molecule has 0 bridgehead atoms. The van der Waals surface area contributed by atoms with Crippen molar-refractivity contribution in [3.8, 4) is 0 Å². The number of anilines is 1. The molecule has 1 fully saturated rings. The van der Waals surface area contributed by atoms with Crippen LogP contribution in [-0.4, -0.2) is 73.4 Å². The van der Waals surface area contributed by atoms with E-state index in [0.717, 1.165) is 36.1 Å². The highest BCUT2D eigenvalue weighted by Gasteiger charge is 2.21. The van der Waals surface area contributed by atoms with E-state index >= 15 is 0 Å². The van der Waals surface area contributed by atoms with Gasteiger partial charge in [-0.3, -0.25) is 9.79 Å². The number of likely N-dealkylation sites (N-methyl/N-ethyl adjacent to an activating group) is 1. The maximum Gasteiger partial charge on any atom is 0.238 e. The summed E-state index contributed by atoms with van der Waals surface area (Å²) in [6, 6.07) is 7.95. The molecule has 2 rings (SSSR count). The highest BCUT2D eigenvalue weighted by Crippen LogP contribution is 2.21. The van der Waals surface area contributed by atoms with E-state index in [9.17, 15) is 4.79 Å². The molecule has 8 heteroatoms. The number of thioether (sulfide) groups is 1. The van der Waals surface area contributed by atoms with Crippen molar-refractivity contribution in [1.82, 2.24) is 15.1 Å². The molecule has 1 unspecified atom stereocenters. The van der Waals surface area contributed by atoms with E-state index in [0.29, 0.717) is 18.3 Å². The van der Waals surface area contributed by atoms with Gasteiger partial charge in [-0.05, 0) is 38.2 Å². The molecule has 2 N–H and O–H groups in total. The Morgan fingerprint density at radius 1 is 1.41 bits per heavy atom. The van der Waals surface area contributed by atoms with Crippen molar-refractivity contribution < 1.29 is 4.79 Å². The first-order valence-electron chi connectivity index (χ1n) is 9.12. The number of halogens is 1. The topological polar surface area (TPSA) is 60.0 Å². The van der Waals surface area contributed by atoms with Gasteiger partial charge in [0.2, 0.25) is 5.91 Å². The predicted molar refractivity (Wildman–Crippen MR) is 127 cm³/mol. The van der Waals surface area contributed by atoms with Crippen LogP contribution < -0.4 is 10.6 Å². The molecule has 1 aliphatic heterocycles. The van der Waals surface area contributed by atoms with E-state index in [1.54, 1.807) is 0 Å². The maximum absolute atomic E-state index is 11.9. The third kappa shape index (κ3) is 8.27. The first-order valence-corrected chi connectivity index (χ1v) is 10.2. The molecule has 152 valence electrons. The van der Waals surface area contributed by atoms with Gasteiger partial charge in [0, 0.05) is 43.4 Å². The fraction of sp³-hybridized carbons (Fsp3) is 0.579. The van der Waals surface area contributed by atoms with E-state index in [2.05, 4.69) is 45.3 Å². The monoisotopic (exact) mass is 505 g/mol. The first kappa shape index (κ1) is 24.0. The lowest BCUT2D eigenvalue weighted by atomic mass is 10.2. The lowest BCUT2D eigenvalue weighted by molar-refractivity contribution is -0.116. The Morgan fingerprint density at radius 3 is 2.85 bits per heavy atom. The molecular formula is C19H32IN5OS. The molecule has 1 aromatic rings. The van der Waals surface area contributed by atoms with Crippen LogP contribution in [0.15, 0.2) is 29.3 Å². The van der Waals surface area contributed by atoms with Crippen molar-refractivity contribution in [1.29, 1.82) is 0 Å². The number of hydrogen-bond donors (Lipinski definition) is 2. The zero-order chi connectivity index (χ0) is 18.9. The Kier molecular flexibility index (Phi) is 11.1. The second kappa shape index (κ2) is 12.5. The van der Waals surface area contributed by atoms with Crippen molar-refractivity contribution >= 4 is 53.3 Å². The molecule has 0 radical (unpaired) electrons. The van der Waals surface area contributed by atoms with Gasteiger partial charge < -0.3 is 20.4 Å². The minimum absolute atomic E-state index is 0. The average Bonchev–Trinajstić information content (AvgIpc) is 2.62. The van der Waals surface area contributed by atoms with Gasteiger partial charge in [-0.1, -0.05) is 19.1 Å². The number of carbonyl (C=O) groups excluding carboxylic acids is 1. The van der Waals surface area contributed by atoms with E-state index in [-0.39, 0.29) is 29.9 Å². The quantitative estimate of drug-likeness (QED) is 0.354. The van der Waals surface area contributed by atoms with Gasteiger partial charge in [-0.15, -0.1) is 24.0 Å². The largest absolute Gasteiger partial charge is 0.352 e. The number of benzene rings is 1. The van der Waals surface area contributed by atoms with Crippen LogP contribution in [0.25, 0.3) is 0 Å². The van der Waals surface area contributed by atoms with Gasteiger partial charge in [0.1, 0.15) is 0 Å². The summed E-state index contributed by atoms with van der Waals surface area (Å²) in [5.41, 5.74) is 1.94. The number of carbonyl (C=O) groups is 1. The third-order valence-corrected chi connectivity index (χ3v) is 5.60. The van der Waals surface area contributed by atoms with Crippen molar-refractivity contribution in [3.63, 3.8) is 0 Å². The standard InChI is InChI=1S/C19H31N5OS.HI/c1-5-17-13-24(9-10-26-17)19(20-2)21-12-15-7-6-8-16(11-15)22-18(25)14-23(3)4;/h6-8,11,17H,5,9-10,12-14H2,1-4H3,(H,20,21)(H,22,25);1H. The normalized spacial score (nSPS) is 17.4. The maximum atomic E-state index is 11.9. The van der Waals surface area contributed by atoms with Crippen LogP contribution in [0, 0.1) is 0 Å². The van der Waals surface area contributed by atoms with Gasteiger partial charge in [0.05, 0.1) is 6.54 Å². The molecular weight excluding hydrogens is 473 g/mol. The van der Waals surface area contributed by atoms with Crippen molar-refractivity contribution in [3.05, 3.63) is 29.8 Å². The zero-order valence-corrected chi connectivity index (χ0v) is 19.8. The van der Waals surface area contributed by atoms with Crippen LogP contribution in [0.2, 0.25) is 0 Å². The minimum Gasteiger partial charge on any atom is -0.352 e. The molecule has 6 nitrogen and oxygen atoms in total. The molecule has 0 spiro atoms. The van der Waals surface area contributed by atoms with E-state index in [1.165, 1.54) is 6.42 Å². The van der Waals surface area contributed by atoms with Crippen molar-refractivity contribution in [2.75, 3.05) is 51.8 Å². The second-order valence-corrected chi connectivity index (χ2v) is 8.14. The summed E-state index contributed by atoms with van der Waals surface area (Å²) >= 11 is 2.05. The summed E-state index contributed by atoms with van der Waals surface area (Å²) in [7, 11) is 5.60. The Labute approximate surface area is 184 Å². The summed E-state index contributed by atoms with van der Waals surface area (Å²) in [5.74, 6) is 2.09. The van der Waals surface area contributed by atoms with Crippen LogP contribution in [0.5, 0.6) is 0 Å². The molecule has 1 aliphatic rings. The van der Waals surface area contributed by atoms with Crippen LogP contribution >= 0.6 is 35.7 Å². The van der Waals surface area contributed by atoms with Crippen LogP contribution in [0.4, 0.5) is 5.69 Å². The Hall–Kier alpha value is -1.00. The van der Waals surface area contributed by atoms with Gasteiger partial charge in [-0.2, -0.15) is 11.8 Å². The first-order chi connectivity index (χ1) is 12.5. The van der Waals surface area contributed by atoms with Crippen LogP contribution in [0.1, 0.15) is 18.9 Å². The number of amides is 1. The molecule has 1 atom stereocenters. The SMILES string of the molecule is CCC1CN(C(=NC)NCc2cccc(NC(=O)CN(C)C)c2)CCS1.I. The summed E-state index contributed by atoms with van der Waals surface area (Å²) in [5, 5.41) is 7.08. The van der Waals surface area contributed by atoms with Gasteiger partial charge in [0.25, 0.3) is 0 Å². The average molecular weight is 505 g/mol. The lowest BCUT2D eigenvalue weighted by Gasteiger charge is -2.34. The van der Waals surface area contributed by atoms with Crippen LogP contribution in [0.3, 0.4) is 0 Å². The number of guanidine groups is 1. The molecule has 0 aliphatic carbocycles. The smallest absolute Gasteiger partial charge is 0.238 e. The fourth-order valence-corrected chi connectivity index (χ4v) is 4.10. The Morgan fingerprint density at radius 2 is 2.19 bits per heavy atom. The number of nitrogens with zero attached hydrogens (tertiary/aromatic N) is 3. The fourth-order valence-electron chi connectivity index (χ4n) is 2.92. The predicted octanol–water partition coefficient (Wildman–Crippen LogP) is 2.71. The molecule has 1 amide bonds. The number of aliphatic imine (C=N–C) groups is 1. The summed E-state index contributed by atoms with van der Waals surface area (Å²) in [4.78, 5) is 20.6. The molecule has 1 saturated heterocycles. The van der Waals surface area contributed by atoms with Crippen molar-refractivity contribution in [2.24, 2.45) is 4.99 Å². The molecule has 27 heavy (non-hydrogen) atoms. The molecule has 1 aromatic carbocycles. The Bertz CT molecular complexity index is 626. The van der Waals surface area contributed by atoms with Crippen molar-refractivity contribution in [2.45, 2.75) is 25.1 Å². The van der Waals surface area contributed by atoms with Crippen LogP contribution in [-0.2, 0) is 11.3 Å². The van der Waals surface area contributed by atoms with E-state index in [1.807, 2.05) is 44.2 Å². The van der Waals surface area contributed by atoms with Gasteiger partial charge in [-0.25, -0.2) is 0 Å². The van der Waals surface area contributed by atoms with E-state index < -0.39 is 0 Å². The van der Waals surface area contributed by atoms with E-state index in [4.69, 9.17) is 0 Å². The van der Waals surface area contributed by atoms with Gasteiger partial charge >= 0.3 is 0 Å². The highest BCUT2D eigenvalue weighted by atomic mass is 127. The number of hydrogen-bond acceptors (Lipinski definition) is 4. The summed E-state index contributed by atoms with van der Waals surface area (Å²) in [6.07, 6.45) is 1.19. The molecule has 0 aromatic heterocycles.